The maximum Gasteiger partial charge on any atom is 0.254 e. The molecule has 8 heteroatoms. The van der Waals surface area contributed by atoms with Crippen LogP contribution < -0.4 is 4.74 Å². The molecule has 2 aromatic rings. The minimum absolute atomic E-state index is 0.0810. The topological polar surface area (TPSA) is 84.9 Å². The third kappa shape index (κ3) is 4.07. The third-order valence-electron chi connectivity index (χ3n) is 5.27. The number of aromatic nitrogens is 2. The quantitative estimate of drug-likeness (QED) is 0.737. The molecule has 0 spiro atoms. The first-order chi connectivity index (χ1) is 14.1. The Bertz CT molecular complexity index is 887. The number of methoxy groups -OCH3 is 1. The lowest BCUT2D eigenvalue weighted by Gasteiger charge is -2.41. The Balaban J connectivity index is 1.58. The van der Waals surface area contributed by atoms with Gasteiger partial charge in [0.2, 0.25) is 5.91 Å². The van der Waals surface area contributed by atoms with E-state index in [1.807, 2.05) is 17.0 Å². The lowest BCUT2D eigenvalue weighted by molar-refractivity contribution is -0.170. The summed E-state index contributed by atoms with van der Waals surface area (Å²) in [6, 6.07) is 6.93. The van der Waals surface area contributed by atoms with Crippen molar-refractivity contribution >= 4 is 11.8 Å². The molecule has 0 radical (unpaired) electrons. The summed E-state index contributed by atoms with van der Waals surface area (Å²) in [5.41, 5.74) is 1.52. The van der Waals surface area contributed by atoms with Gasteiger partial charge in [-0.25, -0.2) is 0 Å². The van der Waals surface area contributed by atoms with Crippen molar-refractivity contribution in [2.24, 2.45) is 0 Å². The average Bonchev–Trinajstić information content (AvgIpc) is 3.58. The molecule has 1 saturated carbocycles. The van der Waals surface area contributed by atoms with Crippen molar-refractivity contribution in [2.75, 3.05) is 20.8 Å². The number of hydrogen-bond acceptors (Lipinski definition) is 6. The molecule has 0 N–H and O–H groups in total. The van der Waals surface area contributed by atoms with Gasteiger partial charge in [0.1, 0.15) is 12.4 Å². The number of amides is 2. The van der Waals surface area contributed by atoms with Gasteiger partial charge in [-0.05, 0) is 30.5 Å². The molecule has 4 rings (SSSR count). The summed E-state index contributed by atoms with van der Waals surface area (Å²) in [4.78, 5) is 37.8. The van der Waals surface area contributed by atoms with E-state index in [1.165, 1.54) is 0 Å². The molecule has 0 aromatic carbocycles. The largest absolute Gasteiger partial charge is 0.497 e. The van der Waals surface area contributed by atoms with Crippen LogP contribution in [0.2, 0.25) is 0 Å². The SMILES string of the molecule is COc1ccnc(CN(C)C(=O)[C@H]2OCC(=O)N(C3CC3)[C@@H]2c2cccnc2)c1. The van der Waals surface area contributed by atoms with Crippen LogP contribution in [0.4, 0.5) is 0 Å². The molecule has 2 atom stereocenters. The monoisotopic (exact) mass is 396 g/mol. The first-order valence-corrected chi connectivity index (χ1v) is 9.65. The molecule has 1 aliphatic carbocycles. The molecular weight excluding hydrogens is 372 g/mol. The molecule has 0 bridgehead atoms. The second kappa shape index (κ2) is 8.16. The van der Waals surface area contributed by atoms with Crippen molar-refractivity contribution in [2.45, 2.75) is 37.6 Å². The fourth-order valence-corrected chi connectivity index (χ4v) is 3.71. The fourth-order valence-electron chi connectivity index (χ4n) is 3.71. The van der Waals surface area contributed by atoms with E-state index in [1.54, 1.807) is 49.8 Å². The van der Waals surface area contributed by atoms with Gasteiger partial charge in [0, 0.05) is 37.7 Å². The number of pyridine rings is 2. The van der Waals surface area contributed by atoms with Crippen LogP contribution in [-0.2, 0) is 20.9 Å². The van der Waals surface area contributed by atoms with Crippen LogP contribution in [0.25, 0.3) is 0 Å². The lowest BCUT2D eigenvalue weighted by Crippen LogP contribution is -2.55. The van der Waals surface area contributed by atoms with E-state index in [0.29, 0.717) is 18.0 Å². The van der Waals surface area contributed by atoms with Gasteiger partial charge in [0.15, 0.2) is 6.10 Å². The van der Waals surface area contributed by atoms with Crippen molar-refractivity contribution in [3.63, 3.8) is 0 Å². The van der Waals surface area contributed by atoms with Gasteiger partial charge in [-0.3, -0.25) is 19.6 Å². The Labute approximate surface area is 169 Å². The van der Waals surface area contributed by atoms with E-state index in [2.05, 4.69) is 9.97 Å². The van der Waals surface area contributed by atoms with Crippen molar-refractivity contribution < 1.29 is 19.1 Å². The number of morpholine rings is 1. The number of likely N-dealkylation sites (N-methyl/N-ethyl adjacent to an activating group) is 1. The molecular formula is C21H24N4O4. The van der Waals surface area contributed by atoms with Crippen LogP contribution in [0.1, 0.15) is 30.1 Å². The molecule has 2 aliphatic rings. The Morgan fingerprint density at radius 1 is 1.34 bits per heavy atom. The van der Waals surface area contributed by atoms with Gasteiger partial charge in [0.25, 0.3) is 5.91 Å². The van der Waals surface area contributed by atoms with Gasteiger partial charge in [0.05, 0.1) is 25.4 Å². The maximum atomic E-state index is 13.3. The molecule has 3 heterocycles. The lowest BCUT2D eigenvalue weighted by atomic mass is 9.97. The third-order valence-corrected chi connectivity index (χ3v) is 5.27. The van der Waals surface area contributed by atoms with Crippen molar-refractivity contribution in [3.8, 4) is 5.75 Å². The molecule has 8 nitrogen and oxygen atoms in total. The van der Waals surface area contributed by atoms with Crippen LogP contribution in [0.5, 0.6) is 5.75 Å². The second-order valence-electron chi connectivity index (χ2n) is 7.38. The summed E-state index contributed by atoms with van der Waals surface area (Å²) >= 11 is 0. The summed E-state index contributed by atoms with van der Waals surface area (Å²) in [5.74, 6) is 0.410. The minimum Gasteiger partial charge on any atom is -0.497 e. The highest BCUT2D eigenvalue weighted by Gasteiger charge is 2.48. The van der Waals surface area contributed by atoms with E-state index < -0.39 is 12.1 Å². The van der Waals surface area contributed by atoms with Crippen molar-refractivity contribution in [1.82, 2.24) is 19.8 Å². The molecule has 2 fully saturated rings. The van der Waals surface area contributed by atoms with Gasteiger partial charge in [-0.2, -0.15) is 0 Å². The van der Waals surface area contributed by atoms with Crippen LogP contribution in [0.3, 0.4) is 0 Å². The van der Waals surface area contributed by atoms with Crippen LogP contribution in [0, 0.1) is 0 Å². The zero-order valence-electron chi connectivity index (χ0n) is 16.5. The fraction of sp³-hybridized carbons (Fsp3) is 0.429. The first-order valence-electron chi connectivity index (χ1n) is 9.65. The van der Waals surface area contributed by atoms with Gasteiger partial charge >= 0.3 is 0 Å². The highest BCUT2D eigenvalue weighted by Crippen LogP contribution is 2.39. The Morgan fingerprint density at radius 3 is 2.86 bits per heavy atom. The normalized spacial score (nSPS) is 21.7. The molecule has 1 saturated heterocycles. The predicted octanol–water partition coefficient (Wildman–Crippen LogP) is 1.57. The maximum absolute atomic E-state index is 13.3. The van der Waals surface area contributed by atoms with Crippen LogP contribution in [0.15, 0.2) is 42.9 Å². The van der Waals surface area contributed by atoms with Crippen LogP contribution >= 0.6 is 0 Å². The first kappa shape index (κ1) is 19.3. The van der Waals surface area contributed by atoms with E-state index in [9.17, 15) is 9.59 Å². The summed E-state index contributed by atoms with van der Waals surface area (Å²) in [5, 5.41) is 0. The number of nitrogens with zero attached hydrogens (tertiary/aromatic N) is 4. The summed E-state index contributed by atoms with van der Waals surface area (Å²) in [6.45, 7) is 0.224. The Hall–Kier alpha value is -3.00. The molecule has 2 aromatic heterocycles. The van der Waals surface area contributed by atoms with Crippen LogP contribution in [-0.4, -0.2) is 64.5 Å². The summed E-state index contributed by atoms with van der Waals surface area (Å²) in [6.07, 6.45) is 6.14. The zero-order chi connectivity index (χ0) is 20.4. The number of carbonyl (C=O) groups excluding carboxylic acids is 2. The molecule has 0 unspecified atom stereocenters. The highest BCUT2D eigenvalue weighted by molar-refractivity contribution is 5.86. The van der Waals surface area contributed by atoms with E-state index in [0.717, 1.165) is 18.4 Å². The van der Waals surface area contributed by atoms with E-state index in [4.69, 9.17) is 9.47 Å². The number of hydrogen-bond donors (Lipinski definition) is 0. The summed E-state index contributed by atoms with van der Waals surface area (Å²) in [7, 11) is 3.30. The van der Waals surface area contributed by atoms with Gasteiger partial charge < -0.3 is 19.3 Å². The number of carbonyl (C=O) groups is 2. The minimum atomic E-state index is -0.784. The standard InChI is InChI=1S/C21H24N4O4/c1-24(12-15-10-17(28-2)7-9-23-15)21(27)20-19(14-4-3-8-22-11-14)25(16-5-6-16)18(26)13-29-20/h3-4,7-11,16,19-20H,5-6,12-13H2,1-2H3/t19-,20+/m1/s1. The smallest absolute Gasteiger partial charge is 0.254 e. The van der Waals surface area contributed by atoms with Gasteiger partial charge in [-0.1, -0.05) is 6.07 Å². The molecule has 2 amide bonds. The molecule has 152 valence electrons. The number of rotatable bonds is 6. The summed E-state index contributed by atoms with van der Waals surface area (Å²) < 4.78 is 11.0. The Kier molecular flexibility index (Phi) is 5.44. The molecule has 1 aliphatic heterocycles. The predicted molar refractivity (Wildman–Crippen MR) is 104 cm³/mol. The average molecular weight is 396 g/mol. The Morgan fingerprint density at radius 2 is 2.17 bits per heavy atom. The van der Waals surface area contributed by atoms with E-state index >= 15 is 0 Å². The number of ether oxygens (including phenoxy) is 2. The van der Waals surface area contributed by atoms with Gasteiger partial charge in [-0.15, -0.1) is 0 Å². The molecule has 29 heavy (non-hydrogen) atoms. The second-order valence-corrected chi connectivity index (χ2v) is 7.38. The zero-order valence-corrected chi connectivity index (χ0v) is 16.5. The van der Waals surface area contributed by atoms with E-state index in [-0.39, 0.29) is 24.5 Å². The van der Waals surface area contributed by atoms with Crippen molar-refractivity contribution in [1.29, 1.82) is 0 Å². The highest BCUT2D eigenvalue weighted by atomic mass is 16.5. The van der Waals surface area contributed by atoms with Crippen molar-refractivity contribution in [3.05, 3.63) is 54.1 Å².